The molecule has 3 rings (SSSR count). The maximum atomic E-state index is 13.7. The molecule has 1 saturated heterocycles. The lowest BCUT2D eigenvalue weighted by atomic mass is 9.79. The van der Waals surface area contributed by atoms with E-state index in [2.05, 4.69) is 5.32 Å². The molecule has 1 aliphatic rings. The molecular formula is C20H19F3N2O2. The summed E-state index contributed by atoms with van der Waals surface area (Å²) < 4.78 is 41.2. The van der Waals surface area contributed by atoms with Gasteiger partial charge in [0.15, 0.2) is 5.78 Å². The van der Waals surface area contributed by atoms with Gasteiger partial charge in [-0.2, -0.15) is 13.2 Å². The van der Waals surface area contributed by atoms with Gasteiger partial charge in [0.25, 0.3) is 0 Å². The zero-order valence-electron chi connectivity index (χ0n) is 14.5. The maximum Gasteiger partial charge on any atom is 0.417 e. The summed E-state index contributed by atoms with van der Waals surface area (Å²) in [5.74, 6) is -1.93. The van der Waals surface area contributed by atoms with Gasteiger partial charge in [-0.1, -0.05) is 30.3 Å². The third-order valence-electron chi connectivity index (χ3n) is 4.83. The third-order valence-corrected chi connectivity index (χ3v) is 4.83. The first-order valence-corrected chi connectivity index (χ1v) is 8.65. The monoisotopic (exact) mass is 376 g/mol. The molecule has 0 unspecified atom stereocenters. The minimum atomic E-state index is -4.72. The number of carbonyl (C=O) groups is 2. The molecule has 142 valence electrons. The number of halogens is 3. The van der Waals surface area contributed by atoms with E-state index in [-0.39, 0.29) is 22.6 Å². The van der Waals surface area contributed by atoms with Crippen molar-refractivity contribution in [2.75, 3.05) is 13.1 Å². The molecule has 1 fully saturated rings. The second kappa shape index (κ2) is 7.52. The minimum Gasteiger partial charge on any atom is -0.366 e. The SMILES string of the molecule is NC(=O)c1ccc(C(F)(F)F)c(C(=O)c2ccccc2)c1C1CCNCC1. The van der Waals surface area contributed by atoms with E-state index in [0.717, 1.165) is 12.1 Å². The molecule has 1 heterocycles. The van der Waals surface area contributed by atoms with Gasteiger partial charge in [0, 0.05) is 16.7 Å². The summed E-state index contributed by atoms with van der Waals surface area (Å²) in [6.07, 6.45) is -3.68. The second-order valence-electron chi connectivity index (χ2n) is 6.53. The van der Waals surface area contributed by atoms with Gasteiger partial charge in [-0.15, -0.1) is 0 Å². The van der Waals surface area contributed by atoms with E-state index in [1.807, 2.05) is 0 Å². The van der Waals surface area contributed by atoms with E-state index in [9.17, 15) is 22.8 Å². The smallest absolute Gasteiger partial charge is 0.366 e. The first-order chi connectivity index (χ1) is 12.8. The molecule has 0 radical (unpaired) electrons. The Morgan fingerprint density at radius 2 is 1.63 bits per heavy atom. The highest BCUT2D eigenvalue weighted by molar-refractivity contribution is 6.12. The Kier molecular flexibility index (Phi) is 5.32. The summed E-state index contributed by atoms with van der Waals surface area (Å²) in [7, 11) is 0. The number of alkyl halides is 3. The quantitative estimate of drug-likeness (QED) is 0.803. The number of carbonyl (C=O) groups excluding carboxylic acids is 2. The van der Waals surface area contributed by atoms with Crippen molar-refractivity contribution in [3.05, 3.63) is 70.3 Å². The normalized spacial score (nSPS) is 15.5. The number of piperidine rings is 1. The summed E-state index contributed by atoms with van der Waals surface area (Å²) in [5.41, 5.74) is 4.18. The number of primary amides is 1. The van der Waals surface area contributed by atoms with Gasteiger partial charge in [-0.25, -0.2) is 0 Å². The fourth-order valence-corrected chi connectivity index (χ4v) is 3.58. The van der Waals surface area contributed by atoms with Crippen LogP contribution in [0.25, 0.3) is 0 Å². The molecule has 0 saturated carbocycles. The van der Waals surface area contributed by atoms with Crippen LogP contribution >= 0.6 is 0 Å². The van der Waals surface area contributed by atoms with Crippen molar-refractivity contribution in [3.8, 4) is 0 Å². The molecule has 0 aliphatic carbocycles. The van der Waals surface area contributed by atoms with Crippen LogP contribution in [-0.2, 0) is 6.18 Å². The van der Waals surface area contributed by atoms with Crippen molar-refractivity contribution in [3.63, 3.8) is 0 Å². The molecule has 3 N–H and O–H groups in total. The molecule has 0 bridgehead atoms. The average molecular weight is 376 g/mol. The van der Waals surface area contributed by atoms with Crippen LogP contribution in [0.15, 0.2) is 42.5 Å². The van der Waals surface area contributed by atoms with Crippen LogP contribution in [-0.4, -0.2) is 24.8 Å². The number of ketones is 1. The average Bonchev–Trinajstić information content (AvgIpc) is 2.66. The van der Waals surface area contributed by atoms with Crippen molar-refractivity contribution in [1.29, 1.82) is 0 Å². The van der Waals surface area contributed by atoms with E-state index >= 15 is 0 Å². The lowest BCUT2D eigenvalue weighted by molar-refractivity contribution is -0.138. The number of hydrogen-bond acceptors (Lipinski definition) is 3. The first-order valence-electron chi connectivity index (χ1n) is 8.65. The van der Waals surface area contributed by atoms with Gasteiger partial charge in [-0.3, -0.25) is 9.59 Å². The number of amides is 1. The number of rotatable bonds is 4. The molecule has 2 aromatic rings. The number of hydrogen-bond donors (Lipinski definition) is 2. The van der Waals surface area contributed by atoms with Gasteiger partial charge in [-0.05, 0) is 49.5 Å². The predicted molar refractivity (Wildman–Crippen MR) is 94.7 cm³/mol. The Labute approximate surface area is 154 Å². The van der Waals surface area contributed by atoms with Gasteiger partial charge in [0.2, 0.25) is 5.91 Å². The molecule has 7 heteroatoms. The number of benzene rings is 2. The highest BCUT2D eigenvalue weighted by Gasteiger charge is 2.39. The van der Waals surface area contributed by atoms with Crippen LogP contribution in [0.1, 0.15) is 56.2 Å². The molecule has 1 aliphatic heterocycles. The van der Waals surface area contributed by atoms with E-state index < -0.39 is 29.0 Å². The van der Waals surface area contributed by atoms with Crippen molar-refractivity contribution < 1.29 is 22.8 Å². The summed E-state index contributed by atoms with van der Waals surface area (Å²) in [5, 5.41) is 3.14. The lowest BCUT2D eigenvalue weighted by Crippen LogP contribution is -2.30. The minimum absolute atomic E-state index is 0.0193. The fraction of sp³-hybridized carbons (Fsp3) is 0.300. The lowest BCUT2D eigenvalue weighted by Gasteiger charge is -2.28. The Morgan fingerprint density at radius 1 is 1.00 bits per heavy atom. The van der Waals surface area contributed by atoms with Crippen LogP contribution < -0.4 is 11.1 Å². The zero-order valence-corrected chi connectivity index (χ0v) is 14.5. The van der Waals surface area contributed by atoms with Crippen LogP contribution in [0.3, 0.4) is 0 Å². The van der Waals surface area contributed by atoms with Gasteiger partial charge in [0.1, 0.15) is 0 Å². The Balaban J connectivity index is 2.30. The van der Waals surface area contributed by atoms with Gasteiger partial charge < -0.3 is 11.1 Å². The Hall–Kier alpha value is -2.67. The fourth-order valence-electron chi connectivity index (χ4n) is 3.58. The standard InChI is InChI=1S/C20H19F3N2O2/c21-20(22,23)15-7-6-14(19(24)27)16(12-8-10-25-11-9-12)17(15)18(26)13-4-2-1-3-5-13/h1-7,12,25H,8-11H2,(H2,24,27). The molecule has 27 heavy (non-hydrogen) atoms. The van der Waals surface area contributed by atoms with E-state index in [4.69, 9.17) is 5.73 Å². The number of nitrogens with two attached hydrogens (primary N) is 1. The highest BCUT2D eigenvalue weighted by atomic mass is 19.4. The van der Waals surface area contributed by atoms with Gasteiger partial charge in [0.05, 0.1) is 5.56 Å². The summed E-state index contributed by atoms with van der Waals surface area (Å²) >= 11 is 0. The zero-order chi connectivity index (χ0) is 19.6. The summed E-state index contributed by atoms with van der Waals surface area (Å²) in [4.78, 5) is 25.0. The molecule has 2 aromatic carbocycles. The first kappa shape index (κ1) is 19.1. The van der Waals surface area contributed by atoms with Crippen LogP contribution in [0.4, 0.5) is 13.2 Å². The molecule has 4 nitrogen and oxygen atoms in total. The topological polar surface area (TPSA) is 72.2 Å². The van der Waals surface area contributed by atoms with Crippen molar-refractivity contribution in [2.24, 2.45) is 5.73 Å². The molecule has 1 amide bonds. The van der Waals surface area contributed by atoms with Crippen LogP contribution in [0, 0.1) is 0 Å². The van der Waals surface area contributed by atoms with Crippen molar-refractivity contribution in [2.45, 2.75) is 24.9 Å². The number of nitrogens with one attached hydrogen (secondary N) is 1. The predicted octanol–water partition coefficient (Wildman–Crippen LogP) is 3.50. The van der Waals surface area contributed by atoms with Crippen molar-refractivity contribution >= 4 is 11.7 Å². The van der Waals surface area contributed by atoms with E-state index in [1.165, 1.54) is 12.1 Å². The third kappa shape index (κ3) is 3.88. The summed E-state index contributed by atoms with van der Waals surface area (Å²) in [6, 6.07) is 9.64. The largest absolute Gasteiger partial charge is 0.417 e. The maximum absolute atomic E-state index is 13.7. The van der Waals surface area contributed by atoms with Gasteiger partial charge >= 0.3 is 6.18 Å². The highest BCUT2D eigenvalue weighted by Crippen LogP contribution is 2.40. The van der Waals surface area contributed by atoms with E-state index in [1.54, 1.807) is 18.2 Å². The second-order valence-corrected chi connectivity index (χ2v) is 6.53. The Morgan fingerprint density at radius 3 is 2.19 bits per heavy atom. The molecule has 0 spiro atoms. The molecular weight excluding hydrogens is 357 g/mol. The summed E-state index contributed by atoms with van der Waals surface area (Å²) in [6.45, 7) is 1.19. The molecule has 0 atom stereocenters. The van der Waals surface area contributed by atoms with Crippen molar-refractivity contribution in [1.82, 2.24) is 5.32 Å². The van der Waals surface area contributed by atoms with Crippen LogP contribution in [0.5, 0.6) is 0 Å². The van der Waals surface area contributed by atoms with E-state index in [0.29, 0.717) is 25.9 Å². The Bertz CT molecular complexity index is 858. The molecule has 0 aromatic heterocycles. The van der Waals surface area contributed by atoms with Crippen LogP contribution in [0.2, 0.25) is 0 Å².